The summed E-state index contributed by atoms with van der Waals surface area (Å²) in [6, 6.07) is 21.1. The molecule has 0 atom stereocenters. The zero-order chi connectivity index (χ0) is 17.3. The lowest BCUT2D eigenvalue weighted by atomic mass is 10.0. The number of hydrogen-bond donors (Lipinski definition) is 0. The molecule has 0 amide bonds. The highest BCUT2D eigenvalue weighted by Gasteiger charge is 2.15. The van der Waals surface area contributed by atoms with Crippen molar-refractivity contribution in [2.75, 3.05) is 46.4 Å². The van der Waals surface area contributed by atoms with Crippen molar-refractivity contribution in [3.8, 4) is 0 Å². The lowest BCUT2D eigenvalue weighted by molar-refractivity contribution is 0.0718. The zero-order valence-corrected chi connectivity index (χ0v) is 15.3. The Bertz CT molecular complexity index is 562. The second-order valence-corrected chi connectivity index (χ2v) is 6.92. The molecule has 1 saturated heterocycles. The molecular formula is C22H30N2O. The van der Waals surface area contributed by atoms with Crippen LogP contribution >= 0.6 is 0 Å². The van der Waals surface area contributed by atoms with Gasteiger partial charge < -0.3 is 14.5 Å². The molecule has 1 aliphatic rings. The second-order valence-electron chi connectivity index (χ2n) is 6.92. The van der Waals surface area contributed by atoms with Crippen molar-refractivity contribution in [2.24, 2.45) is 0 Å². The summed E-state index contributed by atoms with van der Waals surface area (Å²) in [7, 11) is 2.22. The molecule has 1 fully saturated rings. The molecule has 0 aliphatic carbocycles. The van der Waals surface area contributed by atoms with Gasteiger partial charge in [0.1, 0.15) is 6.10 Å². The first-order valence-electron chi connectivity index (χ1n) is 9.45. The summed E-state index contributed by atoms with van der Waals surface area (Å²) in [5, 5.41) is 0. The van der Waals surface area contributed by atoms with E-state index in [-0.39, 0.29) is 6.10 Å². The van der Waals surface area contributed by atoms with Gasteiger partial charge in [-0.3, -0.25) is 0 Å². The molecule has 0 spiro atoms. The van der Waals surface area contributed by atoms with Crippen LogP contribution in [0.3, 0.4) is 0 Å². The summed E-state index contributed by atoms with van der Waals surface area (Å²) >= 11 is 0. The number of hydrogen-bond acceptors (Lipinski definition) is 3. The average molecular weight is 338 g/mol. The third-order valence-corrected chi connectivity index (χ3v) is 4.92. The third-order valence-electron chi connectivity index (χ3n) is 4.92. The molecular weight excluding hydrogens is 308 g/mol. The zero-order valence-electron chi connectivity index (χ0n) is 15.3. The van der Waals surface area contributed by atoms with Crippen LogP contribution < -0.4 is 0 Å². The first-order valence-corrected chi connectivity index (χ1v) is 9.45. The summed E-state index contributed by atoms with van der Waals surface area (Å²) < 4.78 is 6.32. The molecule has 2 aromatic rings. The van der Waals surface area contributed by atoms with Crippen molar-refractivity contribution in [2.45, 2.75) is 18.9 Å². The van der Waals surface area contributed by atoms with Crippen LogP contribution in [0.25, 0.3) is 0 Å². The molecule has 3 nitrogen and oxygen atoms in total. The van der Waals surface area contributed by atoms with Crippen molar-refractivity contribution in [3.63, 3.8) is 0 Å². The summed E-state index contributed by atoms with van der Waals surface area (Å²) in [5.74, 6) is 0. The van der Waals surface area contributed by atoms with E-state index in [1.165, 1.54) is 43.7 Å². The molecule has 0 radical (unpaired) electrons. The Kier molecular flexibility index (Phi) is 7.04. The third kappa shape index (κ3) is 5.67. The van der Waals surface area contributed by atoms with E-state index >= 15 is 0 Å². The Morgan fingerprint density at radius 3 is 2.12 bits per heavy atom. The van der Waals surface area contributed by atoms with Crippen LogP contribution in [0.2, 0.25) is 0 Å². The van der Waals surface area contributed by atoms with Crippen LogP contribution in [0.5, 0.6) is 0 Å². The van der Waals surface area contributed by atoms with Gasteiger partial charge >= 0.3 is 0 Å². The van der Waals surface area contributed by atoms with E-state index in [1.54, 1.807) is 0 Å². The Balaban J connectivity index is 1.53. The first kappa shape index (κ1) is 18.1. The number of nitrogens with zero attached hydrogens (tertiary/aromatic N) is 2. The number of benzene rings is 2. The molecule has 3 heteroatoms. The minimum Gasteiger partial charge on any atom is -0.369 e. The van der Waals surface area contributed by atoms with E-state index in [9.17, 15) is 0 Å². The summed E-state index contributed by atoms with van der Waals surface area (Å²) in [6.45, 7) is 6.71. The fourth-order valence-corrected chi connectivity index (χ4v) is 3.45. The summed E-state index contributed by atoms with van der Waals surface area (Å²) in [6.07, 6.45) is 2.38. The molecule has 0 saturated carbocycles. The Morgan fingerprint density at radius 2 is 1.48 bits per heavy atom. The minimum absolute atomic E-state index is 0.0256. The fraction of sp³-hybridized carbons (Fsp3) is 0.455. The predicted molar refractivity (Wildman–Crippen MR) is 104 cm³/mol. The van der Waals surface area contributed by atoms with E-state index in [4.69, 9.17) is 4.74 Å². The maximum absolute atomic E-state index is 6.32. The van der Waals surface area contributed by atoms with Crippen LogP contribution in [-0.2, 0) is 4.74 Å². The van der Waals surface area contributed by atoms with E-state index < -0.39 is 0 Å². The van der Waals surface area contributed by atoms with Crippen molar-refractivity contribution in [3.05, 3.63) is 71.8 Å². The van der Waals surface area contributed by atoms with Gasteiger partial charge in [-0.15, -0.1) is 0 Å². The lowest BCUT2D eigenvalue weighted by Crippen LogP contribution is -2.30. The molecule has 0 unspecified atom stereocenters. The van der Waals surface area contributed by atoms with Gasteiger partial charge in [0.25, 0.3) is 0 Å². The Hall–Kier alpha value is -1.68. The average Bonchev–Trinajstić information content (AvgIpc) is 2.87. The largest absolute Gasteiger partial charge is 0.369 e. The van der Waals surface area contributed by atoms with E-state index in [0.717, 1.165) is 19.6 Å². The van der Waals surface area contributed by atoms with Crippen LogP contribution in [0.4, 0.5) is 0 Å². The standard InChI is InChI=1S/C22H30N2O/c1-23-14-8-15-24(18-17-23)16-9-19-25-22(20-10-4-2-5-11-20)21-12-6-3-7-13-21/h2-7,10-13,22H,8-9,14-19H2,1H3. The molecule has 3 rings (SSSR count). The minimum atomic E-state index is 0.0256. The summed E-state index contributed by atoms with van der Waals surface area (Å²) in [4.78, 5) is 5.00. The van der Waals surface area contributed by atoms with Gasteiger partial charge in [0.2, 0.25) is 0 Å². The van der Waals surface area contributed by atoms with Gasteiger partial charge in [-0.25, -0.2) is 0 Å². The highest BCUT2D eigenvalue weighted by molar-refractivity contribution is 5.29. The van der Waals surface area contributed by atoms with Gasteiger partial charge in [0, 0.05) is 26.2 Å². The normalized spacial score (nSPS) is 16.9. The van der Waals surface area contributed by atoms with Crippen LogP contribution in [0.1, 0.15) is 30.1 Å². The van der Waals surface area contributed by atoms with Crippen molar-refractivity contribution in [1.29, 1.82) is 0 Å². The highest BCUT2D eigenvalue weighted by atomic mass is 16.5. The molecule has 0 bridgehead atoms. The first-order chi connectivity index (χ1) is 12.3. The SMILES string of the molecule is CN1CCCN(CCCOC(c2ccccc2)c2ccccc2)CC1. The Labute approximate surface area is 152 Å². The van der Waals surface area contributed by atoms with Gasteiger partial charge in [0.05, 0.1) is 0 Å². The van der Waals surface area contributed by atoms with Crippen LogP contribution in [0, 0.1) is 0 Å². The Morgan fingerprint density at radius 1 is 0.840 bits per heavy atom. The van der Waals surface area contributed by atoms with Crippen molar-refractivity contribution < 1.29 is 4.74 Å². The van der Waals surface area contributed by atoms with E-state index in [0.29, 0.717) is 0 Å². The smallest absolute Gasteiger partial charge is 0.108 e. The molecule has 25 heavy (non-hydrogen) atoms. The summed E-state index contributed by atoms with van der Waals surface area (Å²) in [5.41, 5.74) is 2.45. The van der Waals surface area contributed by atoms with Gasteiger partial charge in [0.15, 0.2) is 0 Å². The van der Waals surface area contributed by atoms with E-state index in [1.807, 2.05) is 0 Å². The maximum atomic E-state index is 6.32. The molecule has 0 N–H and O–H groups in total. The van der Waals surface area contributed by atoms with Gasteiger partial charge in [-0.05, 0) is 44.1 Å². The molecule has 134 valence electrons. The number of likely N-dealkylation sites (N-methyl/N-ethyl adjacent to an activating group) is 1. The lowest BCUT2D eigenvalue weighted by Gasteiger charge is -2.22. The van der Waals surface area contributed by atoms with Crippen molar-refractivity contribution >= 4 is 0 Å². The molecule has 2 aromatic carbocycles. The van der Waals surface area contributed by atoms with Crippen LogP contribution in [0.15, 0.2) is 60.7 Å². The quantitative estimate of drug-likeness (QED) is 0.714. The van der Waals surface area contributed by atoms with Crippen molar-refractivity contribution in [1.82, 2.24) is 9.80 Å². The molecule has 1 aliphatic heterocycles. The monoisotopic (exact) mass is 338 g/mol. The topological polar surface area (TPSA) is 15.7 Å². The second kappa shape index (κ2) is 9.71. The predicted octanol–water partition coefficient (Wildman–Crippen LogP) is 3.82. The molecule has 0 aromatic heterocycles. The number of ether oxygens (including phenoxy) is 1. The van der Waals surface area contributed by atoms with Crippen LogP contribution in [-0.4, -0.2) is 56.2 Å². The molecule has 1 heterocycles. The van der Waals surface area contributed by atoms with Gasteiger partial charge in [-0.1, -0.05) is 60.7 Å². The number of rotatable bonds is 7. The maximum Gasteiger partial charge on any atom is 0.108 e. The highest BCUT2D eigenvalue weighted by Crippen LogP contribution is 2.25. The fourth-order valence-electron chi connectivity index (χ4n) is 3.45. The van der Waals surface area contributed by atoms with Gasteiger partial charge in [-0.2, -0.15) is 0 Å². The van der Waals surface area contributed by atoms with E-state index in [2.05, 4.69) is 77.5 Å².